The van der Waals surface area contributed by atoms with Crippen LogP contribution < -0.4 is 10.7 Å². The van der Waals surface area contributed by atoms with Gasteiger partial charge in [-0.25, -0.2) is 5.01 Å². The lowest BCUT2D eigenvalue weighted by Crippen LogP contribution is -2.49. The normalized spacial score (nSPS) is 24.0. The molecule has 1 saturated heterocycles. The number of piperidine rings is 1. The molecular formula is C9H17N3S. The van der Waals surface area contributed by atoms with Crippen molar-refractivity contribution in [3.63, 3.8) is 0 Å². The van der Waals surface area contributed by atoms with Crippen molar-refractivity contribution in [2.24, 2.45) is 0 Å². The van der Waals surface area contributed by atoms with E-state index in [1.54, 1.807) is 0 Å². The van der Waals surface area contributed by atoms with E-state index in [9.17, 15) is 0 Å². The zero-order chi connectivity index (χ0) is 9.10. The van der Waals surface area contributed by atoms with Crippen LogP contribution in [0.4, 0.5) is 0 Å². The highest BCUT2D eigenvalue weighted by molar-refractivity contribution is 7.80. The molecule has 1 heterocycles. The lowest BCUT2D eigenvalue weighted by atomic mass is 10.2. The molecule has 2 rings (SSSR count). The summed E-state index contributed by atoms with van der Waals surface area (Å²) >= 11 is 5.19. The number of thiocarbonyl (C=S) groups is 1. The largest absolute Gasteiger partial charge is 0.359 e. The minimum atomic E-state index is 0.657. The molecule has 0 spiro atoms. The summed E-state index contributed by atoms with van der Waals surface area (Å²) in [6.45, 7) is 2.26. The zero-order valence-electron chi connectivity index (χ0n) is 7.88. The van der Waals surface area contributed by atoms with Crippen molar-refractivity contribution in [2.45, 2.75) is 38.1 Å². The summed E-state index contributed by atoms with van der Waals surface area (Å²) < 4.78 is 0. The number of nitrogens with one attached hydrogen (secondary N) is 2. The molecule has 0 amide bonds. The van der Waals surface area contributed by atoms with Gasteiger partial charge in [-0.05, 0) is 37.9 Å². The average Bonchev–Trinajstić information content (AvgIpc) is 2.90. The summed E-state index contributed by atoms with van der Waals surface area (Å²) in [6.07, 6.45) is 6.50. The lowest BCUT2D eigenvalue weighted by Gasteiger charge is -2.28. The van der Waals surface area contributed by atoms with E-state index in [2.05, 4.69) is 15.8 Å². The Morgan fingerprint density at radius 2 is 1.85 bits per heavy atom. The van der Waals surface area contributed by atoms with Crippen LogP contribution in [0.15, 0.2) is 0 Å². The molecule has 0 aromatic rings. The third-order valence-electron chi connectivity index (χ3n) is 2.53. The predicted octanol–water partition coefficient (Wildman–Crippen LogP) is 1.01. The molecule has 0 aromatic carbocycles. The van der Waals surface area contributed by atoms with Crippen molar-refractivity contribution in [1.29, 1.82) is 0 Å². The second-order valence-corrected chi connectivity index (χ2v) is 4.32. The van der Waals surface area contributed by atoms with E-state index in [0.29, 0.717) is 6.04 Å². The average molecular weight is 199 g/mol. The third-order valence-corrected chi connectivity index (χ3v) is 2.74. The highest BCUT2D eigenvalue weighted by Gasteiger charge is 2.22. The Hall–Kier alpha value is -0.350. The molecule has 1 aliphatic carbocycles. The molecule has 1 saturated carbocycles. The zero-order valence-corrected chi connectivity index (χ0v) is 8.70. The molecule has 2 fully saturated rings. The first-order valence-electron chi connectivity index (χ1n) is 5.17. The van der Waals surface area contributed by atoms with Crippen LogP contribution in [0.3, 0.4) is 0 Å². The highest BCUT2D eigenvalue weighted by Crippen LogP contribution is 2.18. The minimum absolute atomic E-state index is 0.657. The van der Waals surface area contributed by atoms with E-state index < -0.39 is 0 Å². The quantitative estimate of drug-likeness (QED) is 0.649. The van der Waals surface area contributed by atoms with Crippen LogP contribution in [0.2, 0.25) is 0 Å². The second-order valence-electron chi connectivity index (χ2n) is 3.91. The van der Waals surface area contributed by atoms with Gasteiger partial charge < -0.3 is 5.32 Å². The van der Waals surface area contributed by atoms with Crippen LogP contribution >= 0.6 is 12.2 Å². The van der Waals surface area contributed by atoms with Gasteiger partial charge in [0.2, 0.25) is 0 Å². The maximum atomic E-state index is 5.19. The van der Waals surface area contributed by atoms with Crippen LogP contribution in [0.5, 0.6) is 0 Å². The van der Waals surface area contributed by atoms with Crippen LogP contribution in [-0.4, -0.2) is 29.3 Å². The van der Waals surface area contributed by atoms with Crippen LogP contribution in [0, 0.1) is 0 Å². The summed E-state index contributed by atoms with van der Waals surface area (Å²) in [7, 11) is 0. The molecule has 1 aliphatic heterocycles. The maximum absolute atomic E-state index is 5.19. The first-order chi connectivity index (χ1) is 6.34. The number of hydrogen-bond donors (Lipinski definition) is 2. The predicted molar refractivity (Wildman–Crippen MR) is 57.3 cm³/mol. The standard InChI is InChI=1S/C9H17N3S/c13-9(10-8-4-5-8)11-12-6-2-1-3-7-12/h8H,1-7H2,(H2,10,11,13). The summed E-state index contributed by atoms with van der Waals surface area (Å²) in [5.74, 6) is 0. The fourth-order valence-electron chi connectivity index (χ4n) is 1.59. The Morgan fingerprint density at radius 3 is 2.46 bits per heavy atom. The van der Waals surface area contributed by atoms with Crippen molar-refractivity contribution >= 4 is 17.3 Å². The Bertz CT molecular complexity index is 185. The second kappa shape index (κ2) is 4.24. The van der Waals surface area contributed by atoms with Gasteiger partial charge in [0.15, 0.2) is 5.11 Å². The van der Waals surface area contributed by atoms with Crippen molar-refractivity contribution in [3.8, 4) is 0 Å². The topological polar surface area (TPSA) is 27.3 Å². The lowest BCUT2D eigenvalue weighted by molar-refractivity contribution is 0.193. The molecule has 74 valence electrons. The van der Waals surface area contributed by atoms with Gasteiger partial charge in [0.1, 0.15) is 0 Å². The van der Waals surface area contributed by atoms with E-state index in [4.69, 9.17) is 12.2 Å². The van der Waals surface area contributed by atoms with Crippen LogP contribution in [0.1, 0.15) is 32.1 Å². The summed E-state index contributed by atoms with van der Waals surface area (Å²) in [4.78, 5) is 0. The van der Waals surface area contributed by atoms with E-state index in [0.717, 1.165) is 18.2 Å². The molecule has 0 aromatic heterocycles. The number of hydrogen-bond acceptors (Lipinski definition) is 2. The highest BCUT2D eigenvalue weighted by atomic mass is 32.1. The molecule has 0 unspecified atom stereocenters. The van der Waals surface area contributed by atoms with E-state index >= 15 is 0 Å². The van der Waals surface area contributed by atoms with Gasteiger partial charge in [-0.15, -0.1) is 0 Å². The van der Waals surface area contributed by atoms with Gasteiger partial charge in [-0.2, -0.15) is 0 Å². The summed E-state index contributed by atoms with van der Waals surface area (Å²) in [5.41, 5.74) is 3.24. The molecule has 2 N–H and O–H groups in total. The SMILES string of the molecule is S=C(NC1CC1)NN1CCCCC1. The molecule has 3 nitrogen and oxygen atoms in total. The maximum Gasteiger partial charge on any atom is 0.181 e. The number of nitrogens with zero attached hydrogens (tertiary/aromatic N) is 1. The molecular weight excluding hydrogens is 182 g/mol. The number of hydrazine groups is 1. The third kappa shape index (κ3) is 3.12. The van der Waals surface area contributed by atoms with Gasteiger partial charge in [0.25, 0.3) is 0 Å². The monoisotopic (exact) mass is 199 g/mol. The summed E-state index contributed by atoms with van der Waals surface area (Å²) in [6, 6.07) is 0.657. The Labute approximate surface area is 84.8 Å². The Balaban J connectivity index is 1.66. The molecule has 0 atom stereocenters. The van der Waals surface area contributed by atoms with Crippen molar-refractivity contribution in [1.82, 2.24) is 15.8 Å². The van der Waals surface area contributed by atoms with Gasteiger partial charge in [-0.3, -0.25) is 5.43 Å². The van der Waals surface area contributed by atoms with Gasteiger partial charge in [0, 0.05) is 19.1 Å². The molecule has 4 heteroatoms. The van der Waals surface area contributed by atoms with Crippen molar-refractivity contribution in [2.75, 3.05) is 13.1 Å². The number of rotatable bonds is 2. The first kappa shape index (κ1) is 9.21. The van der Waals surface area contributed by atoms with Crippen molar-refractivity contribution < 1.29 is 0 Å². The minimum Gasteiger partial charge on any atom is -0.359 e. The van der Waals surface area contributed by atoms with Gasteiger partial charge in [0.05, 0.1) is 0 Å². The fraction of sp³-hybridized carbons (Fsp3) is 0.889. The van der Waals surface area contributed by atoms with E-state index in [1.807, 2.05) is 0 Å². The van der Waals surface area contributed by atoms with E-state index in [1.165, 1.54) is 32.1 Å². The van der Waals surface area contributed by atoms with E-state index in [-0.39, 0.29) is 0 Å². The molecule has 2 aliphatic rings. The Morgan fingerprint density at radius 1 is 1.15 bits per heavy atom. The van der Waals surface area contributed by atoms with Gasteiger partial charge >= 0.3 is 0 Å². The first-order valence-corrected chi connectivity index (χ1v) is 5.57. The van der Waals surface area contributed by atoms with Crippen molar-refractivity contribution in [3.05, 3.63) is 0 Å². The molecule has 0 bridgehead atoms. The van der Waals surface area contributed by atoms with Gasteiger partial charge in [-0.1, -0.05) is 6.42 Å². The Kier molecular flexibility index (Phi) is 3.01. The summed E-state index contributed by atoms with van der Waals surface area (Å²) in [5, 5.41) is 6.31. The molecule has 0 radical (unpaired) electrons. The molecule has 13 heavy (non-hydrogen) atoms. The van der Waals surface area contributed by atoms with Crippen LogP contribution in [-0.2, 0) is 0 Å². The van der Waals surface area contributed by atoms with Crippen LogP contribution in [0.25, 0.3) is 0 Å². The smallest absolute Gasteiger partial charge is 0.181 e. The fourth-order valence-corrected chi connectivity index (χ4v) is 1.89.